The van der Waals surface area contributed by atoms with E-state index in [9.17, 15) is 27.6 Å². The highest BCUT2D eigenvalue weighted by molar-refractivity contribution is 5.93. The maximum absolute atomic E-state index is 12.9. The molecular formula is C18H21F3N2O5. The van der Waals surface area contributed by atoms with E-state index < -0.39 is 55.2 Å². The van der Waals surface area contributed by atoms with Gasteiger partial charge in [-0.25, -0.2) is 4.79 Å². The van der Waals surface area contributed by atoms with E-state index >= 15 is 0 Å². The Morgan fingerprint density at radius 1 is 1.29 bits per heavy atom. The molecule has 0 spiro atoms. The van der Waals surface area contributed by atoms with E-state index in [2.05, 4.69) is 5.32 Å². The molecular weight excluding hydrogens is 381 g/mol. The van der Waals surface area contributed by atoms with Crippen LogP contribution in [0.5, 0.6) is 0 Å². The van der Waals surface area contributed by atoms with Crippen molar-refractivity contribution in [3.05, 3.63) is 29.3 Å². The second kappa shape index (κ2) is 7.69. The Morgan fingerprint density at radius 3 is 2.46 bits per heavy atom. The van der Waals surface area contributed by atoms with E-state index in [1.807, 2.05) is 0 Å². The molecule has 0 radical (unpaired) electrons. The van der Waals surface area contributed by atoms with Crippen LogP contribution in [0.25, 0.3) is 0 Å². The molecule has 0 saturated heterocycles. The summed E-state index contributed by atoms with van der Waals surface area (Å²) in [5.41, 5.74) is -0.0931. The Balaban J connectivity index is 2.39. The van der Waals surface area contributed by atoms with E-state index in [-0.39, 0.29) is 16.8 Å². The standard InChI is InChI=1S/C18H21F3N2O5/c1-17(2,3)28-16(27)10-4-5-12-11(6-10)8-23(9-18(19,20)21)15(26)13(22-12)7-14(24)25/h4-6,13,22H,7-9H2,1-3H3,(H,24,25)/t13-/m0/s1. The molecule has 1 aromatic carbocycles. The zero-order valence-corrected chi connectivity index (χ0v) is 15.6. The molecule has 1 amide bonds. The highest BCUT2D eigenvalue weighted by atomic mass is 19.4. The summed E-state index contributed by atoms with van der Waals surface area (Å²) in [6.07, 6.45) is -5.34. The van der Waals surface area contributed by atoms with Crippen LogP contribution in [0.3, 0.4) is 0 Å². The zero-order chi connectivity index (χ0) is 21.3. The Morgan fingerprint density at radius 2 is 1.93 bits per heavy atom. The fourth-order valence-electron chi connectivity index (χ4n) is 2.75. The lowest BCUT2D eigenvalue weighted by atomic mass is 10.1. The molecule has 0 saturated carbocycles. The predicted molar refractivity (Wildman–Crippen MR) is 92.7 cm³/mol. The third-order valence-electron chi connectivity index (χ3n) is 3.79. The van der Waals surface area contributed by atoms with Crippen molar-refractivity contribution in [2.45, 2.75) is 51.6 Å². The average molecular weight is 402 g/mol. The molecule has 1 aromatic rings. The summed E-state index contributed by atoms with van der Waals surface area (Å²) in [6.45, 7) is 3.08. The number of ether oxygens (including phenoxy) is 1. The number of nitrogens with one attached hydrogen (secondary N) is 1. The van der Waals surface area contributed by atoms with Crippen LogP contribution >= 0.6 is 0 Å². The largest absolute Gasteiger partial charge is 0.481 e. The van der Waals surface area contributed by atoms with Crippen LogP contribution in [0, 0.1) is 0 Å². The fourth-order valence-corrected chi connectivity index (χ4v) is 2.75. The first-order chi connectivity index (χ1) is 12.7. The van der Waals surface area contributed by atoms with Crippen LogP contribution in [0.15, 0.2) is 18.2 Å². The van der Waals surface area contributed by atoms with Gasteiger partial charge in [-0.2, -0.15) is 13.2 Å². The van der Waals surface area contributed by atoms with Crippen LogP contribution in [0.2, 0.25) is 0 Å². The van der Waals surface area contributed by atoms with Gasteiger partial charge in [0.1, 0.15) is 18.2 Å². The van der Waals surface area contributed by atoms with E-state index in [0.29, 0.717) is 4.90 Å². The fraction of sp³-hybridized carbons (Fsp3) is 0.500. The molecule has 0 aromatic heterocycles. The smallest absolute Gasteiger partial charge is 0.406 e. The summed E-state index contributed by atoms with van der Waals surface area (Å²) in [6, 6.07) is 2.82. The van der Waals surface area contributed by atoms with Crippen LogP contribution in [0.4, 0.5) is 18.9 Å². The Kier molecular flexibility index (Phi) is 5.91. The molecule has 2 rings (SSSR count). The number of amides is 1. The zero-order valence-electron chi connectivity index (χ0n) is 15.6. The first kappa shape index (κ1) is 21.5. The highest BCUT2D eigenvalue weighted by Crippen LogP contribution is 2.28. The first-order valence-corrected chi connectivity index (χ1v) is 8.45. The molecule has 10 heteroatoms. The minimum absolute atomic E-state index is 0.117. The quantitative estimate of drug-likeness (QED) is 0.752. The number of benzene rings is 1. The molecule has 2 N–H and O–H groups in total. The highest BCUT2D eigenvalue weighted by Gasteiger charge is 2.38. The summed E-state index contributed by atoms with van der Waals surface area (Å²) in [7, 11) is 0. The van der Waals surface area contributed by atoms with Crippen LogP contribution in [0.1, 0.15) is 43.1 Å². The minimum atomic E-state index is -4.66. The number of nitrogens with zero attached hydrogens (tertiary/aromatic N) is 1. The summed E-state index contributed by atoms with van der Waals surface area (Å²) in [5, 5.41) is 11.7. The maximum atomic E-state index is 12.9. The van der Waals surface area contributed by atoms with Gasteiger partial charge in [0.25, 0.3) is 0 Å². The normalized spacial score (nSPS) is 17.4. The second-order valence-corrected chi connectivity index (χ2v) is 7.48. The van der Waals surface area contributed by atoms with Gasteiger partial charge in [-0.15, -0.1) is 0 Å². The molecule has 1 heterocycles. The SMILES string of the molecule is CC(C)(C)OC(=O)c1ccc2c(c1)CN(CC(F)(F)F)C(=O)[C@H](CC(=O)O)N2. The molecule has 0 unspecified atom stereocenters. The van der Waals surface area contributed by atoms with Crippen molar-refractivity contribution in [2.75, 3.05) is 11.9 Å². The van der Waals surface area contributed by atoms with Crippen LogP contribution < -0.4 is 5.32 Å². The molecule has 28 heavy (non-hydrogen) atoms. The molecule has 1 aliphatic heterocycles. The third-order valence-corrected chi connectivity index (χ3v) is 3.79. The number of carbonyl (C=O) groups excluding carboxylic acids is 2. The Bertz CT molecular complexity index is 786. The maximum Gasteiger partial charge on any atom is 0.406 e. The lowest BCUT2D eigenvalue weighted by Gasteiger charge is -2.25. The number of fused-ring (bicyclic) bond motifs is 1. The van der Waals surface area contributed by atoms with Gasteiger partial charge in [0, 0.05) is 12.2 Å². The third kappa shape index (κ3) is 5.86. The monoisotopic (exact) mass is 402 g/mol. The second-order valence-electron chi connectivity index (χ2n) is 7.48. The van der Waals surface area contributed by atoms with E-state index in [4.69, 9.17) is 9.84 Å². The number of alkyl halides is 3. The topological polar surface area (TPSA) is 95.9 Å². The van der Waals surface area contributed by atoms with Gasteiger partial charge < -0.3 is 20.1 Å². The lowest BCUT2D eigenvalue weighted by Crippen LogP contribution is -2.45. The van der Waals surface area contributed by atoms with Crippen molar-refractivity contribution in [1.82, 2.24) is 4.90 Å². The number of rotatable bonds is 4. The van der Waals surface area contributed by atoms with Crippen LogP contribution in [-0.2, 0) is 20.9 Å². The summed E-state index contributed by atoms with van der Waals surface area (Å²) in [5.74, 6) is -2.96. The molecule has 0 bridgehead atoms. The van der Waals surface area contributed by atoms with Crippen molar-refractivity contribution < 1.29 is 37.4 Å². The van der Waals surface area contributed by atoms with Gasteiger partial charge in [0.15, 0.2) is 0 Å². The lowest BCUT2D eigenvalue weighted by molar-refractivity contribution is -0.163. The number of hydrogen-bond donors (Lipinski definition) is 2. The Hall–Kier alpha value is -2.78. The summed E-state index contributed by atoms with van der Waals surface area (Å²) < 4.78 is 44.0. The molecule has 0 fully saturated rings. The van der Waals surface area contributed by atoms with Crippen LogP contribution in [-0.4, -0.2) is 52.2 Å². The first-order valence-electron chi connectivity index (χ1n) is 8.45. The van der Waals surface area contributed by atoms with Gasteiger partial charge in [-0.3, -0.25) is 9.59 Å². The number of anilines is 1. The Labute approximate surface area is 159 Å². The van der Waals surface area contributed by atoms with Gasteiger partial charge in [-0.1, -0.05) is 0 Å². The molecule has 154 valence electrons. The van der Waals surface area contributed by atoms with Gasteiger partial charge in [0.2, 0.25) is 5.91 Å². The van der Waals surface area contributed by atoms with Gasteiger partial charge in [0.05, 0.1) is 12.0 Å². The number of carboxylic acids is 1. The number of halogens is 3. The molecule has 1 atom stereocenters. The summed E-state index contributed by atoms with van der Waals surface area (Å²) >= 11 is 0. The van der Waals surface area contributed by atoms with E-state index in [0.717, 1.165) is 0 Å². The molecule has 0 aliphatic carbocycles. The van der Waals surface area contributed by atoms with Gasteiger partial charge >= 0.3 is 18.1 Å². The van der Waals surface area contributed by atoms with Crippen molar-refractivity contribution in [3.8, 4) is 0 Å². The molecule has 7 nitrogen and oxygen atoms in total. The number of hydrogen-bond acceptors (Lipinski definition) is 5. The van der Waals surface area contributed by atoms with E-state index in [1.165, 1.54) is 18.2 Å². The predicted octanol–water partition coefficient (Wildman–Crippen LogP) is 2.80. The molecule has 1 aliphatic rings. The minimum Gasteiger partial charge on any atom is -0.481 e. The van der Waals surface area contributed by atoms with Gasteiger partial charge in [-0.05, 0) is 44.5 Å². The van der Waals surface area contributed by atoms with Crippen molar-refractivity contribution in [1.29, 1.82) is 0 Å². The average Bonchev–Trinajstić information content (AvgIpc) is 2.61. The number of carboxylic acid groups (broad SMARTS) is 1. The van der Waals surface area contributed by atoms with E-state index in [1.54, 1.807) is 20.8 Å². The van der Waals surface area contributed by atoms with Crippen molar-refractivity contribution in [3.63, 3.8) is 0 Å². The number of esters is 1. The van der Waals surface area contributed by atoms with Crippen molar-refractivity contribution >= 4 is 23.5 Å². The number of carbonyl (C=O) groups is 3. The van der Waals surface area contributed by atoms with Crippen molar-refractivity contribution in [2.24, 2.45) is 0 Å². The number of aliphatic carboxylic acids is 1. The summed E-state index contributed by atoms with van der Waals surface area (Å²) in [4.78, 5) is 36.2.